The minimum absolute atomic E-state index is 0.180. The number of amides is 2. The molecule has 1 atom stereocenters. The number of ether oxygens (including phenoxy) is 1. The Labute approximate surface area is 155 Å². The molecule has 2 aromatic rings. The number of anilines is 1. The smallest absolute Gasteiger partial charge is 0.411 e. The van der Waals surface area contributed by atoms with Gasteiger partial charge in [0.05, 0.1) is 16.6 Å². The highest BCUT2D eigenvalue weighted by atomic mass is 35.5. The Bertz CT molecular complexity index is 757. The van der Waals surface area contributed by atoms with Crippen LogP contribution in [0.3, 0.4) is 0 Å². The predicted octanol–water partition coefficient (Wildman–Crippen LogP) is 3.99. The van der Waals surface area contributed by atoms with Gasteiger partial charge in [0.15, 0.2) is 0 Å². The van der Waals surface area contributed by atoms with Crippen molar-refractivity contribution in [3.8, 4) is 0 Å². The van der Waals surface area contributed by atoms with Crippen LogP contribution in [0, 0.1) is 0 Å². The molecule has 7 heteroatoms. The maximum Gasteiger partial charge on any atom is 0.411 e. The summed E-state index contributed by atoms with van der Waals surface area (Å²) in [6.07, 6.45) is -0.492. The highest BCUT2D eigenvalue weighted by Gasteiger charge is 2.35. The van der Waals surface area contributed by atoms with Crippen molar-refractivity contribution in [2.45, 2.75) is 12.6 Å². The molecule has 0 aliphatic carbocycles. The van der Waals surface area contributed by atoms with Crippen LogP contribution in [0.2, 0.25) is 5.02 Å². The number of thioether (sulfide) groups is 1. The Hall–Kier alpha value is -2.18. The topological polar surface area (TPSA) is 58.6 Å². The van der Waals surface area contributed by atoms with E-state index in [0.29, 0.717) is 22.3 Å². The number of carbonyl (C=O) groups is 2. The second-order valence-corrected chi connectivity index (χ2v) is 6.90. The lowest BCUT2D eigenvalue weighted by atomic mass is 10.2. The molecule has 1 fully saturated rings. The summed E-state index contributed by atoms with van der Waals surface area (Å²) in [5.74, 6) is 0.681. The van der Waals surface area contributed by atoms with Crippen molar-refractivity contribution in [1.29, 1.82) is 0 Å². The molecule has 0 bridgehead atoms. The lowest BCUT2D eigenvalue weighted by Crippen LogP contribution is -2.44. The van der Waals surface area contributed by atoms with E-state index < -0.39 is 12.1 Å². The van der Waals surface area contributed by atoms with Gasteiger partial charge in [0, 0.05) is 5.75 Å². The Morgan fingerprint density at radius 1 is 1.16 bits per heavy atom. The van der Waals surface area contributed by atoms with Crippen LogP contribution in [0.15, 0.2) is 54.6 Å². The molecule has 3 rings (SSSR count). The summed E-state index contributed by atoms with van der Waals surface area (Å²) in [4.78, 5) is 26.3. The average Bonchev–Trinajstić information content (AvgIpc) is 3.12. The molecule has 0 radical (unpaired) electrons. The molecule has 1 aliphatic rings. The number of rotatable bonds is 4. The van der Waals surface area contributed by atoms with Crippen LogP contribution in [-0.2, 0) is 16.1 Å². The Morgan fingerprint density at radius 3 is 2.64 bits per heavy atom. The standard InChI is InChI=1S/C18H17ClN2O3S/c19-14-8-4-5-9-15(14)20-17(22)16-11-25-12-21(16)18(23)24-10-13-6-2-1-3-7-13/h1-9,16H,10-12H2,(H,20,22)/t16-/m0/s1. The SMILES string of the molecule is O=C(Nc1ccccc1Cl)[C@@H]1CSCN1C(=O)OCc1ccccc1. The second-order valence-electron chi connectivity index (χ2n) is 5.49. The van der Waals surface area contributed by atoms with Crippen LogP contribution in [0.25, 0.3) is 0 Å². The molecule has 2 amide bonds. The van der Waals surface area contributed by atoms with E-state index in [1.165, 1.54) is 16.7 Å². The Kier molecular flexibility index (Phi) is 5.83. The molecule has 1 N–H and O–H groups in total. The van der Waals surface area contributed by atoms with E-state index >= 15 is 0 Å². The van der Waals surface area contributed by atoms with Crippen molar-refractivity contribution in [3.63, 3.8) is 0 Å². The number of nitrogens with zero attached hydrogens (tertiary/aromatic N) is 1. The summed E-state index contributed by atoms with van der Waals surface area (Å²) in [5.41, 5.74) is 1.43. The zero-order valence-corrected chi connectivity index (χ0v) is 14.9. The molecule has 0 spiro atoms. The van der Waals surface area contributed by atoms with Crippen LogP contribution in [0.5, 0.6) is 0 Å². The van der Waals surface area contributed by atoms with Crippen LogP contribution in [-0.4, -0.2) is 34.6 Å². The number of benzene rings is 2. The van der Waals surface area contributed by atoms with Crippen molar-refractivity contribution in [2.75, 3.05) is 16.9 Å². The number of carbonyl (C=O) groups excluding carboxylic acids is 2. The van der Waals surface area contributed by atoms with Gasteiger partial charge in [0.2, 0.25) is 5.91 Å². The summed E-state index contributed by atoms with van der Waals surface area (Å²) in [7, 11) is 0. The molecule has 25 heavy (non-hydrogen) atoms. The minimum atomic E-state index is -0.579. The maximum atomic E-state index is 12.5. The van der Waals surface area contributed by atoms with E-state index in [2.05, 4.69) is 5.32 Å². The molecule has 0 aromatic heterocycles. The van der Waals surface area contributed by atoms with Crippen molar-refractivity contribution < 1.29 is 14.3 Å². The van der Waals surface area contributed by atoms with E-state index in [-0.39, 0.29) is 12.5 Å². The average molecular weight is 377 g/mol. The Balaban J connectivity index is 1.60. The van der Waals surface area contributed by atoms with Gasteiger partial charge in [-0.1, -0.05) is 54.1 Å². The van der Waals surface area contributed by atoms with Crippen molar-refractivity contribution in [2.24, 2.45) is 0 Å². The van der Waals surface area contributed by atoms with Crippen LogP contribution in [0.1, 0.15) is 5.56 Å². The Morgan fingerprint density at radius 2 is 1.88 bits per heavy atom. The van der Waals surface area contributed by atoms with Gasteiger partial charge >= 0.3 is 6.09 Å². The fraction of sp³-hybridized carbons (Fsp3) is 0.222. The largest absolute Gasteiger partial charge is 0.445 e. The van der Waals surface area contributed by atoms with Crippen molar-refractivity contribution in [3.05, 3.63) is 65.2 Å². The summed E-state index contributed by atoms with van der Waals surface area (Å²) >= 11 is 7.58. The highest BCUT2D eigenvalue weighted by Crippen LogP contribution is 2.25. The van der Waals surface area contributed by atoms with Crippen LogP contribution in [0.4, 0.5) is 10.5 Å². The monoisotopic (exact) mass is 376 g/mol. The molecule has 1 saturated heterocycles. The fourth-order valence-corrected chi connectivity index (χ4v) is 3.75. The molecule has 5 nitrogen and oxygen atoms in total. The van der Waals surface area contributed by atoms with Crippen molar-refractivity contribution >= 4 is 41.1 Å². The molecule has 1 heterocycles. The molecule has 2 aromatic carbocycles. The number of para-hydroxylation sites is 1. The predicted molar refractivity (Wildman–Crippen MR) is 99.7 cm³/mol. The number of nitrogens with one attached hydrogen (secondary N) is 1. The van der Waals surface area contributed by atoms with E-state index in [1.807, 2.05) is 30.3 Å². The fourth-order valence-electron chi connectivity index (χ4n) is 2.42. The van der Waals surface area contributed by atoms with E-state index in [4.69, 9.17) is 16.3 Å². The van der Waals surface area contributed by atoms with Gasteiger partial charge in [0.25, 0.3) is 0 Å². The first-order chi connectivity index (χ1) is 12.1. The van der Waals surface area contributed by atoms with Gasteiger partial charge in [-0.3, -0.25) is 9.69 Å². The molecular weight excluding hydrogens is 360 g/mol. The summed E-state index contributed by atoms with van der Waals surface area (Å²) in [5, 5.41) is 3.24. The maximum absolute atomic E-state index is 12.5. The third kappa shape index (κ3) is 4.46. The van der Waals surface area contributed by atoms with Gasteiger partial charge < -0.3 is 10.1 Å². The highest BCUT2D eigenvalue weighted by molar-refractivity contribution is 7.99. The van der Waals surface area contributed by atoms with Crippen LogP contribution < -0.4 is 5.32 Å². The third-order valence-electron chi connectivity index (χ3n) is 3.76. The van der Waals surface area contributed by atoms with Crippen LogP contribution >= 0.6 is 23.4 Å². The zero-order valence-electron chi connectivity index (χ0n) is 13.4. The molecule has 130 valence electrons. The van der Waals surface area contributed by atoms with Gasteiger partial charge in [-0.25, -0.2) is 4.79 Å². The van der Waals surface area contributed by atoms with E-state index in [1.54, 1.807) is 24.3 Å². The molecule has 0 saturated carbocycles. The summed E-state index contributed by atoms with van der Waals surface area (Å²) in [6.45, 7) is 0.180. The first-order valence-electron chi connectivity index (χ1n) is 7.75. The van der Waals surface area contributed by atoms with Gasteiger partial charge in [-0.2, -0.15) is 0 Å². The number of hydrogen-bond acceptors (Lipinski definition) is 4. The van der Waals surface area contributed by atoms with Gasteiger partial charge in [0.1, 0.15) is 12.6 Å². The first-order valence-corrected chi connectivity index (χ1v) is 9.29. The number of hydrogen-bond donors (Lipinski definition) is 1. The minimum Gasteiger partial charge on any atom is -0.445 e. The van der Waals surface area contributed by atoms with Gasteiger partial charge in [-0.15, -0.1) is 11.8 Å². The molecule has 0 unspecified atom stereocenters. The van der Waals surface area contributed by atoms with E-state index in [9.17, 15) is 9.59 Å². The lowest BCUT2D eigenvalue weighted by molar-refractivity contribution is -0.119. The normalized spacial score (nSPS) is 16.5. The quantitative estimate of drug-likeness (QED) is 0.876. The first kappa shape index (κ1) is 17.6. The third-order valence-corrected chi connectivity index (χ3v) is 5.10. The second kappa shape index (κ2) is 8.27. The zero-order chi connectivity index (χ0) is 17.6. The molecule has 1 aliphatic heterocycles. The van der Waals surface area contributed by atoms with Crippen molar-refractivity contribution in [1.82, 2.24) is 4.90 Å². The lowest BCUT2D eigenvalue weighted by Gasteiger charge is -2.22. The summed E-state index contributed by atoms with van der Waals surface area (Å²) in [6, 6.07) is 15.9. The molecular formula is C18H17ClN2O3S. The van der Waals surface area contributed by atoms with Gasteiger partial charge in [-0.05, 0) is 17.7 Å². The van der Waals surface area contributed by atoms with E-state index in [0.717, 1.165) is 5.56 Å². The number of halogens is 1. The summed E-state index contributed by atoms with van der Waals surface area (Å²) < 4.78 is 5.33.